The lowest BCUT2D eigenvalue weighted by molar-refractivity contribution is -0.137. The number of rotatable bonds is 1. The minimum absolute atomic E-state index is 0. The smallest absolute Gasteiger partial charge is 0.398 e. The van der Waals surface area contributed by atoms with Crippen LogP contribution < -0.4 is 5.73 Å². The normalized spacial score (nSPS) is 10.8. The molecule has 0 unspecified atom stereocenters. The summed E-state index contributed by atoms with van der Waals surface area (Å²) >= 11 is 0. The number of hydrogen-bond acceptors (Lipinski definition) is 1. The molecule has 0 aliphatic carbocycles. The van der Waals surface area contributed by atoms with Crippen LogP contribution in [-0.4, -0.2) is 0 Å². The number of para-hydroxylation sites is 1. The third-order valence-corrected chi connectivity index (χ3v) is 2.48. The van der Waals surface area contributed by atoms with Gasteiger partial charge in [0.1, 0.15) is 0 Å². The van der Waals surface area contributed by atoms with Crippen LogP contribution in [0.5, 0.6) is 0 Å². The first kappa shape index (κ1) is 14.4. The molecular weight excluding hydrogens is 263 g/mol. The lowest BCUT2D eigenvalue weighted by Crippen LogP contribution is -2.04. The predicted molar refractivity (Wildman–Crippen MR) is 68.5 cm³/mol. The molecule has 2 aromatic carbocycles. The molecule has 5 heteroatoms. The predicted octanol–water partition coefficient (Wildman–Crippen LogP) is 4.38. The maximum Gasteiger partial charge on any atom is 0.416 e. The van der Waals surface area contributed by atoms with Crippen molar-refractivity contribution in [3.05, 3.63) is 54.1 Å². The summed E-state index contributed by atoms with van der Waals surface area (Å²) in [4.78, 5) is 0. The van der Waals surface area contributed by atoms with Crippen molar-refractivity contribution in [2.45, 2.75) is 6.18 Å². The van der Waals surface area contributed by atoms with Crippen LogP contribution in [0, 0.1) is 0 Å². The van der Waals surface area contributed by atoms with Crippen molar-refractivity contribution in [1.29, 1.82) is 0 Å². The van der Waals surface area contributed by atoms with Gasteiger partial charge >= 0.3 is 6.18 Å². The number of benzene rings is 2. The van der Waals surface area contributed by atoms with Gasteiger partial charge in [-0.3, -0.25) is 0 Å². The molecule has 0 aromatic heterocycles. The molecule has 2 rings (SSSR count). The maximum atomic E-state index is 12.4. The monoisotopic (exact) mass is 273 g/mol. The fraction of sp³-hybridized carbons (Fsp3) is 0.0769. The number of anilines is 1. The molecule has 0 saturated heterocycles. The second-order valence-corrected chi connectivity index (χ2v) is 3.66. The molecule has 2 aromatic rings. The highest BCUT2D eigenvalue weighted by molar-refractivity contribution is 5.85. The molecule has 0 saturated carbocycles. The number of halogens is 4. The van der Waals surface area contributed by atoms with E-state index in [1.165, 1.54) is 12.1 Å². The SMILES string of the molecule is Cl.Nc1ccccc1-c1ccc(C(F)(F)F)cc1. The van der Waals surface area contributed by atoms with Crippen LogP contribution in [0.15, 0.2) is 48.5 Å². The summed E-state index contributed by atoms with van der Waals surface area (Å²) in [5, 5.41) is 0. The van der Waals surface area contributed by atoms with Crippen molar-refractivity contribution in [1.82, 2.24) is 0 Å². The third kappa shape index (κ3) is 2.96. The highest BCUT2D eigenvalue weighted by atomic mass is 35.5. The molecule has 0 radical (unpaired) electrons. The lowest BCUT2D eigenvalue weighted by Gasteiger charge is -2.09. The minimum Gasteiger partial charge on any atom is -0.398 e. The topological polar surface area (TPSA) is 26.0 Å². The molecule has 0 fully saturated rings. The Hall–Kier alpha value is -1.68. The van der Waals surface area contributed by atoms with Gasteiger partial charge in [-0.15, -0.1) is 12.4 Å². The summed E-state index contributed by atoms with van der Waals surface area (Å²) in [7, 11) is 0. The average Bonchev–Trinajstić information content (AvgIpc) is 2.29. The van der Waals surface area contributed by atoms with E-state index >= 15 is 0 Å². The highest BCUT2D eigenvalue weighted by Gasteiger charge is 2.29. The number of alkyl halides is 3. The van der Waals surface area contributed by atoms with E-state index in [0.29, 0.717) is 11.3 Å². The number of nitrogen functional groups attached to an aromatic ring is 1. The Morgan fingerprint density at radius 3 is 1.89 bits per heavy atom. The zero-order chi connectivity index (χ0) is 12.5. The summed E-state index contributed by atoms with van der Waals surface area (Å²) in [5.41, 5.74) is 7.06. The molecular formula is C13H11ClF3N. The molecule has 0 aliphatic rings. The van der Waals surface area contributed by atoms with Crippen LogP contribution in [0.4, 0.5) is 18.9 Å². The fourth-order valence-corrected chi connectivity index (χ4v) is 1.60. The molecule has 0 spiro atoms. The van der Waals surface area contributed by atoms with Crippen molar-refractivity contribution in [2.24, 2.45) is 0 Å². The zero-order valence-electron chi connectivity index (χ0n) is 9.24. The van der Waals surface area contributed by atoms with Gasteiger partial charge < -0.3 is 5.73 Å². The summed E-state index contributed by atoms with van der Waals surface area (Å²) in [6, 6.07) is 12.0. The Labute approximate surface area is 109 Å². The Bertz CT molecular complexity index is 521. The van der Waals surface area contributed by atoms with Gasteiger partial charge in [-0.25, -0.2) is 0 Å². The van der Waals surface area contributed by atoms with E-state index < -0.39 is 11.7 Å². The van der Waals surface area contributed by atoms with Gasteiger partial charge in [-0.1, -0.05) is 30.3 Å². The Balaban J connectivity index is 0.00000162. The zero-order valence-corrected chi connectivity index (χ0v) is 10.1. The van der Waals surface area contributed by atoms with Crippen molar-refractivity contribution >= 4 is 18.1 Å². The van der Waals surface area contributed by atoms with Crippen molar-refractivity contribution in [3.63, 3.8) is 0 Å². The Morgan fingerprint density at radius 2 is 1.39 bits per heavy atom. The second kappa shape index (κ2) is 5.31. The first-order chi connectivity index (χ1) is 7.98. The van der Waals surface area contributed by atoms with E-state index in [4.69, 9.17) is 5.73 Å². The molecule has 1 nitrogen and oxygen atoms in total. The van der Waals surface area contributed by atoms with E-state index in [1.807, 2.05) is 0 Å². The molecule has 2 N–H and O–H groups in total. The van der Waals surface area contributed by atoms with Crippen LogP contribution in [0.2, 0.25) is 0 Å². The quantitative estimate of drug-likeness (QED) is 0.767. The van der Waals surface area contributed by atoms with Crippen LogP contribution in [0.3, 0.4) is 0 Å². The summed E-state index contributed by atoms with van der Waals surface area (Å²) in [6.07, 6.45) is -4.30. The van der Waals surface area contributed by atoms with E-state index in [0.717, 1.165) is 17.7 Å². The van der Waals surface area contributed by atoms with Crippen molar-refractivity contribution < 1.29 is 13.2 Å². The van der Waals surface area contributed by atoms with Crippen LogP contribution >= 0.6 is 12.4 Å². The van der Waals surface area contributed by atoms with E-state index in [9.17, 15) is 13.2 Å². The summed E-state index contributed by atoms with van der Waals surface area (Å²) in [6.45, 7) is 0. The van der Waals surface area contributed by atoms with Gasteiger partial charge in [-0.2, -0.15) is 13.2 Å². The van der Waals surface area contributed by atoms with Gasteiger partial charge in [0.2, 0.25) is 0 Å². The fourth-order valence-electron chi connectivity index (χ4n) is 1.60. The molecule has 18 heavy (non-hydrogen) atoms. The highest BCUT2D eigenvalue weighted by Crippen LogP contribution is 2.32. The minimum atomic E-state index is -4.30. The first-order valence-electron chi connectivity index (χ1n) is 5.00. The van der Waals surface area contributed by atoms with Gasteiger partial charge in [0.15, 0.2) is 0 Å². The molecule has 0 atom stereocenters. The van der Waals surface area contributed by atoms with Gasteiger partial charge in [-0.05, 0) is 23.8 Å². The molecule has 0 heterocycles. The van der Waals surface area contributed by atoms with E-state index in [-0.39, 0.29) is 12.4 Å². The van der Waals surface area contributed by atoms with Crippen molar-refractivity contribution in [3.8, 4) is 11.1 Å². The molecule has 0 bridgehead atoms. The second-order valence-electron chi connectivity index (χ2n) is 3.66. The standard InChI is InChI=1S/C13H10F3N.ClH/c14-13(15,16)10-7-5-9(6-8-10)11-3-1-2-4-12(11)17;/h1-8H,17H2;1H. The van der Waals surface area contributed by atoms with Crippen LogP contribution in [0.1, 0.15) is 5.56 Å². The summed E-state index contributed by atoms with van der Waals surface area (Å²) in [5.74, 6) is 0. The van der Waals surface area contributed by atoms with Gasteiger partial charge in [0.05, 0.1) is 5.56 Å². The van der Waals surface area contributed by atoms with Crippen molar-refractivity contribution in [2.75, 3.05) is 5.73 Å². The largest absolute Gasteiger partial charge is 0.416 e. The van der Waals surface area contributed by atoms with Gasteiger partial charge in [0, 0.05) is 11.3 Å². The summed E-state index contributed by atoms with van der Waals surface area (Å²) < 4.78 is 37.1. The number of nitrogens with two attached hydrogens (primary N) is 1. The van der Waals surface area contributed by atoms with E-state index in [2.05, 4.69) is 0 Å². The Kier molecular flexibility index (Phi) is 4.24. The molecule has 0 amide bonds. The van der Waals surface area contributed by atoms with Gasteiger partial charge in [0.25, 0.3) is 0 Å². The third-order valence-electron chi connectivity index (χ3n) is 2.48. The number of hydrogen-bond donors (Lipinski definition) is 1. The maximum absolute atomic E-state index is 12.4. The molecule has 0 aliphatic heterocycles. The first-order valence-corrected chi connectivity index (χ1v) is 5.00. The van der Waals surface area contributed by atoms with Crippen LogP contribution in [-0.2, 0) is 6.18 Å². The van der Waals surface area contributed by atoms with E-state index in [1.54, 1.807) is 24.3 Å². The van der Waals surface area contributed by atoms with Crippen LogP contribution in [0.25, 0.3) is 11.1 Å². The Morgan fingerprint density at radius 1 is 0.833 bits per heavy atom. The average molecular weight is 274 g/mol. The molecule has 96 valence electrons. The lowest BCUT2D eigenvalue weighted by atomic mass is 10.0.